The third-order valence-electron chi connectivity index (χ3n) is 4.57. The van der Waals surface area contributed by atoms with Crippen molar-refractivity contribution in [1.82, 2.24) is 25.3 Å². The second-order valence-corrected chi connectivity index (χ2v) is 6.56. The van der Waals surface area contributed by atoms with E-state index in [4.69, 9.17) is 0 Å². The molecule has 1 aliphatic rings. The second-order valence-electron chi connectivity index (χ2n) is 6.56. The van der Waals surface area contributed by atoms with Crippen LogP contribution in [0.5, 0.6) is 0 Å². The first-order chi connectivity index (χ1) is 12.9. The summed E-state index contributed by atoms with van der Waals surface area (Å²) in [6.07, 6.45) is 1.60. The number of rotatable bonds is 6. The summed E-state index contributed by atoms with van der Waals surface area (Å²) in [5.74, 6) is -2.28. The van der Waals surface area contributed by atoms with Crippen LogP contribution in [0.4, 0.5) is 8.78 Å². The molecule has 1 aromatic carbocycles. The standard InChI is InChI=1S/C18H21F2N5O2/c1-24(11-13-4-5-22-23-13)17(26)9-16-18(27)21-6-7-25(16)10-12-2-3-14(19)15(20)8-12/h2-5,8,16H,6-7,9-11H2,1H3,(H,21,27)(H,22,23). The Bertz CT molecular complexity index is 812. The predicted octanol–water partition coefficient (Wildman–Crippen LogP) is 1.04. The molecule has 2 aromatic rings. The van der Waals surface area contributed by atoms with Crippen LogP contribution in [0.3, 0.4) is 0 Å². The number of halogens is 2. The molecule has 2 N–H and O–H groups in total. The summed E-state index contributed by atoms with van der Waals surface area (Å²) >= 11 is 0. The lowest BCUT2D eigenvalue weighted by Gasteiger charge is -2.35. The zero-order valence-electron chi connectivity index (χ0n) is 14.9. The van der Waals surface area contributed by atoms with Gasteiger partial charge in [0.05, 0.1) is 24.7 Å². The summed E-state index contributed by atoms with van der Waals surface area (Å²) in [5.41, 5.74) is 1.34. The molecule has 0 spiro atoms. The molecular formula is C18H21F2N5O2. The minimum atomic E-state index is -0.930. The molecule has 27 heavy (non-hydrogen) atoms. The Hall–Kier alpha value is -2.81. The van der Waals surface area contributed by atoms with Crippen molar-refractivity contribution in [3.8, 4) is 0 Å². The highest BCUT2D eigenvalue weighted by Crippen LogP contribution is 2.17. The van der Waals surface area contributed by atoms with E-state index >= 15 is 0 Å². The maximum atomic E-state index is 13.5. The van der Waals surface area contributed by atoms with Crippen molar-refractivity contribution in [2.45, 2.75) is 25.6 Å². The van der Waals surface area contributed by atoms with Crippen LogP contribution >= 0.6 is 0 Å². The molecule has 1 unspecified atom stereocenters. The van der Waals surface area contributed by atoms with Crippen molar-refractivity contribution in [2.24, 2.45) is 0 Å². The summed E-state index contributed by atoms with van der Waals surface area (Å²) in [7, 11) is 1.66. The first kappa shape index (κ1) is 19.0. The van der Waals surface area contributed by atoms with Crippen LogP contribution in [0.1, 0.15) is 17.7 Å². The van der Waals surface area contributed by atoms with Crippen molar-refractivity contribution in [3.63, 3.8) is 0 Å². The first-order valence-corrected chi connectivity index (χ1v) is 8.62. The number of nitrogens with zero attached hydrogens (tertiary/aromatic N) is 3. The fourth-order valence-corrected chi connectivity index (χ4v) is 3.08. The van der Waals surface area contributed by atoms with Crippen LogP contribution in [-0.4, -0.2) is 58.0 Å². The van der Waals surface area contributed by atoms with Gasteiger partial charge in [0.15, 0.2) is 11.6 Å². The van der Waals surface area contributed by atoms with Crippen molar-refractivity contribution in [1.29, 1.82) is 0 Å². The number of carbonyl (C=O) groups is 2. The normalized spacial score (nSPS) is 17.6. The largest absolute Gasteiger partial charge is 0.353 e. The Kier molecular flexibility index (Phi) is 5.80. The number of benzene rings is 1. The van der Waals surface area contributed by atoms with Gasteiger partial charge in [-0.25, -0.2) is 8.78 Å². The zero-order chi connectivity index (χ0) is 19.4. The van der Waals surface area contributed by atoms with E-state index in [-0.39, 0.29) is 24.8 Å². The fraction of sp³-hybridized carbons (Fsp3) is 0.389. The lowest BCUT2D eigenvalue weighted by atomic mass is 10.1. The third kappa shape index (κ3) is 4.68. The van der Waals surface area contributed by atoms with Crippen LogP contribution in [-0.2, 0) is 22.7 Å². The Morgan fingerprint density at radius 2 is 2.15 bits per heavy atom. The number of aromatic amines is 1. The molecule has 9 heteroatoms. The molecule has 0 radical (unpaired) electrons. The van der Waals surface area contributed by atoms with E-state index in [9.17, 15) is 18.4 Å². The molecular weight excluding hydrogens is 356 g/mol. The van der Waals surface area contributed by atoms with Crippen LogP contribution in [0.15, 0.2) is 30.5 Å². The molecule has 0 aliphatic carbocycles. The molecule has 1 saturated heterocycles. The van der Waals surface area contributed by atoms with E-state index in [0.717, 1.165) is 17.8 Å². The van der Waals surface area contributed by atoms with Crippen molar-refractivity contribution >= 4 is 11.8 Å². The SMILES string of the molecule is CN(Cc1ccn[nH]1)C(=O)CC1C(=O)NCCN1Cc1ccc(F)c(F)c1. The van der Waals surface area contributed by atoms with Crippen molar-refractivity contribution < 1.29 is 18.4 Å². The van der Waals surface area contributed by atoms with E-state index in [1.165, 1.54) is 11.0 Å². The minimum absolute atomic E-state index is 0.000146. The highest BCUT2D eigenvalue weighted by Gasteiger charge is 2.32. The molecule has 0 saturated carbocycles. The van der Waals surface area contributed by atoms with E-state index in [2.05, 4.69) is 15.5 Å². The quantitative estimate of drug-likeness (QED) is 0.788. The lowest BCUT2D eigenvalue weighted by Crippen LogP contribution is -2.56. The maximum Gasteiger partial charge on any atom is 0.237 e. The molecule has 144 valence electrons. The number of aromatic nitrogens is 2. The lowest BCUT2D eigenvalue weighted by molar-refractivity contribution is -0.138. The van der Waals surface area contributed by atoms with Crippen LogP contribution in [0.25, 0.3) is 0 Å². The first-order valence-electron chi connectivity index (χ1n) is 8.62. The summed E-state index contributed by atoms with van der Waals surface area (Å²) in [6, 6.07) is 4.77. The zero-order valence-corrected chi connectivity index (χ0v) is 14.9. The van der Waals surface area contributed by atoms with Gasteiger partial charge in [0.1, 0.15) is 0 Å². The van der Waals surface area contributed by atoms with Gasteiger partial charge >= 0.3 is 0 Å². The highest BCUT2D eigenvalue weighted by atomic mass is 19.2. The molecule has 1 fully saturated rings. The van der Waals surface area contributed by atoms with Crippen molar-refractivity contribution in [3.05, 3.63) is 53.4 Å². The third-order valence-corrected chi connectivity index (χ3v) is 4.57. The van der Waals surface area contributed by atoms with Gasteiger partial charge in [-0.05, 0) is 23.8 Å². The van der Waals surface area contributed by atoms with E-state index in [1.807, 2.05) is 4.90 Å². The number of piperazine rings is 1. The van der Waals surface area contributed by atoms with Crippen LogP contribution in [0, 0.1) is 11.6 Å². The topological polar surface area (TPSA) is 81.3 Å². The van der Waals surface area contributed by atoms with Gasteiger partial charge < -0.3 is 10.2 Å². The number of H-pyrrole nitrogens is 1. The van der Waals surface area contributed by atoms with E-state index in [1.54, 1.807) is 19.3 Å². The van der Waals surface area contributed by atoms with Gasteiger partial charge in [0.2, 0.25) is 11.8 Å². The molecule has 1 atom stereocenters. The Balaban J connectivity index is 1.67. The van der Waals surface area contributed by atoms with Gasteiger partial charge in [-0.3, -0.25) is 19.6 Å². The van der Waals surface area contributed by atoms with Gasteiger partial charge in [0.25, 0.3) is 0 Å². The van der Waals surface area contributed by atoms with Crippen molar-refractivity contribution in [2.75, 3.05) is 20.1 Å². The predicted molar refractivity (Wildman–Crippen MR) is 93.2 cm³/mol. The molecule has 1 aliphatic heterocycles. The van der Waals surface area contributed by atoms with E-state index < -0.39 is 17.7 Å². The maximum absolute atomic E-state index is 13.5. The van der Waals surface area contributed by atoms with Crippen LogP contribution < -0.4 is 5.32 Å². The fourth-order valence-electron chi connectivity index (χ4n) is 3.08. The Morgan fingerprint density at radius 3 is 2.85 bits per heavy atom. The van der Waals surface area contributed by atoms with Gasteiger partial charge in [0, 0.05) is 32.9 Å². The average Bonchev–Trinajstić information content (AvgIpc) is 3.14. The molecule has 2 heterocycles. The van der Waals surface area contributed by atoms with Crippen LogP contribution in [0.2, 0.25) is 0 Å². The monoisotopic (exact) mass is 377 g/mol. The number of carbonyl (C=O) groups excluding carboxylic acids is 2. The summed E-state index contributed by atoms with van der Waals surface area (Å²) in [4.78, 5) is 28.2. The number of nitrogens with one attached hydrogen (secondary N) is 2. The average molecular weight is 377 g/mol. The number of hydrogen-bond donors (Lipinski definition) is 2. The van der Waals surface area contributed by atoms with E-state index in [0.29, 0.717) is 25.2 Å². The summed E-state index contributed by atoms with van der Waals surface area (Å²) < 4.78 is 26.6. The molecule has 0 bridgehead atoms. The van der Waals surface area contributed by atoms with Gasteiger partial charge in [-0.1, -0.05) is 6.07 Å². The molecule has 3 rings (SSSR count). The molecule has 7 nitrogen and oxygen atoms in total. The summed E-state index contributed by atoms with van der Waals surface area (Å²) in [6.45, 7) is 1.58. The number of amides is 2. The highest BCUT2D eigenvalue weighted by molar-refractivity contribution is 5.88. The Morgan fingerprint density at radius 1 is 1.33 bits per heavy atom. The Labute approximate surface area is 155 Å². The van der Waals surface area contributed by atoms with Gasteiger partial charge in [-0.15, -0.1) is 0 Å². The van der Waals surface area contributed by atoms with Gasteiger partial charge in [-0.2, -0.15) is 5.10 Å². The molecule has 2 amide bonds. The second kappa shape index (κ2) is 8.26. The minimum Gasteiger partial charge on any atom is -0.353 e. The molecule has 1 aromatic heterocycles. The summed E-state index contributed by atoms with van der Waals surface area (Å²) in [5, 5.41) is 9.39. The smallest absolute Gasteiger partial charge is 0.237 e. The number of hydrogen-bond acceptors (Lipinski definition) is 4.